The number of halogens is 1. The predicted octanol–water partition coefficient (Wildman–Crippen LogP) is 3.04. The van der Waals surface area contributed by atoms with Crippen molar-refractivity contribution in [2.45, 2.75) is 13.1 Å². The van der Waals surface area contributed by atoms with E-state index in [1.54, 1.807) is 26.5 Å². The van der Waals surface area contributed by atoms with Crippen molar-refractivity contribution in [1.82, 2.24) is 10.3 Å². The SMILES string of the molecule is COc1cc(Cl)cc(CNCc2ccccn2)c1OC. The highest BCUT2D eigenvalue weighted by molar-refractivity contribution is 6.30. The van der Waals surface area contributed by atoms with Crippen molar-refractivity contribution in [3.8, 4) is 11.5 Å². The summed E-state index contributed by atoms with van der Waals surface area (Å²) in [6.07, 6.45) is 1.78. The zero-order chi connectivity index (χ0) is 14.4. The molecule has 1 aromatic heterocycles. The highest BCUT2D eigenvalue weighted by Crippen LogP contribution is 2.34. The average molecular weight is 293 g/mol. The van der Waals surface area contributed by atoms with Gasteiger partial charge in [0.2, 0.25) is 0 Å². The smallest absolute Gasteiger partial charge is 0.165 e. The van der Waals surface area contributed by atoms with Gasteiger partial charge in [-0.15, -0.1) is 0 Å². The van der Waals surface area contributed by atoms with E-state index in [2.05, 4.69) is 10.3 Å². The van der Waals surface area contributed by atoms with Gasteiger partial charge in [0.25, 0.3) is 0 Å². The zero-order valence-corrected chi connectivity index (χ0v) is 12.3. The maximum absolute atomic E-state index is 6.08. The Hall–Kier alpha value is -1.78. The monoisotopic (exact) mass is 292 g/mol. The molecule has 0 unspecified atom stereocenters. The quantitative estimate of drug-likeness (QED) is 0.889. The van der Waals surface area contributed by atoms with Crippen LogP contribution in [-0.2, 0) is 13.1 Å². The van der Waals surface area contributed by atoms with Crippen molar-refractivity contribution in [2.75, 3.05) is 14.2 Å². The van der Waals surface area contributed by atoms with Gasteiger partial charge in [-0.2, -0.15) is 0 Å². The van der Waals surface area contributed by atoms with Crippen LogP contribution in [-0.4, -0.2) is 19.2 Å². The Morgan fingerprint density at radius 2 is 2.00 bits per heavy atom. The first-order valence-corrected chi connectivity index (χ1v) is 6.63. The van der Waals surface area contributed by atoms with E-state index in [1.165, 1.54) is 0 Å². The summed E-state index contributed by atoms with van der Waals surface area (Å²) in [7, 11) is 3.22. The van der Waals surface area contributed by atoms with E-state index in [4.69, 9.17) is 21.1 Å². The second-order valence-corrected chi connectivity index (χ2v) is 4.66. The molecule has 0 aliphatic carbocycles. The van der Waals surface area contributed by atoms with Crippen LogP contribution >= 0.6 is 11.6 Å². The number of pyridine rings is 1. The molecule has 0 bridgehead atoms. The molecule has 1 N–H and O–H groups in total. The Morgan fingerprint density at radius 3 is 2.65 bits per heavy atom. The van der Waals surface area contributed by atoms with Gasteiger partial charge in [0.1, 0.15) is 0 Å². The lowest BCUT2D eigenvalue weighted by atomic mass is 10.1. The van der Waals surface area contributed by atoms with Crippen molar-refractivity contribution in [2.24, 2.45) is 0 Å². The number of aromatic nitrogens is 1. The first-order chi connectivity index (χ1) is 9.74. The first-order valence-electron chi connectivity index (χ1n) is 6.25. The van der Waals surface area contributed by atoms with Gasteiger partial charge in [-0.05, 0) is 18.2 Å². The second kappa shape index (κ2) is 7.12. The Morgan fingerprint density at radius 1 is 1.15 bits per heavy atom. The Kier molecular flexibility index (Phi) is 5.21. The second-order valence-electron chi connectivity index (χ2n) is 4.23. The highest BCUT2D eigenvalue weighted by atomic mass is 35.5. The fourth-order valence-electron chi connectivity index (χ4n) is 1.97. The highest BCUT2D eigenvalue weighted by Gasteiger charge is 2.11. The summed E-state index contributed by atoms with van der Waals surface area (Å²) < 4.78 is 10.7. The van der Waals surface area contributed by atoms with Crippen molar-refractivity contribution < 1.29 is 9.47 Å². The van der Waals surface area contributed by atoms with E-state index in [1.807, 2.05) is 24.3 Å². The minimum Gasteiger partial charge on any atom is -0.493 e. The number of nitrogens with zero attached hydrogens (tertiary/aromatic N) is 1. The maximum atomic E-state index is 6.08. The van der Waals surface area contributed by atoms with Crippen LogP contribution in [0.25, 0.3) is 0 Å². The van der Waals surface area contributed by atoms with Crippen LogP contribution in [0.1, 0.15) is 11.3 Å². The summed E-state index contributed by atoms with van der Waals surface area (Å²) in [6, 6.07) is 9.45. The van der Waals surface area contributed by atoms with Gasteiger partial charge in [0, 0.05) is 35.9 Å². The molecule has 106 valence electrons. The van der Waals surface area contributed by atoms with Gasteiger partial charge in [-0.25, -0.2) is 0 Å². The lowest BCUT2D eigenvalue weighted by Gasteiger charge is -2.14. The minimum absolute atomic E-state index is 0.622. The number of ether oxygens (including phenoxy) is 2. The summed E-state index contributed by atoms with van der Waals surface area (Å²) in [5.74, 6) is 1.33. The van der Waals surface area contributed by atoms with Crippen LogP contribution in [0, 0.1) is 0 Å². The number of methoxy groups -OCH3 is 2. The third-order valence-electron chi connectivity index (χ3n) is 2.87. The Bertz CT molecular complexity index is 561. The summed E-state index contributed by atoms with van der Waals surface area (Å²) in [5, 5.41) is 3.94. The molecule has 4 nitrogen and oxygen atoms in total. The van der Waals surface area contributed by atoms with Crippen LogP contribution in [0.3, 0.4) is 0 Å². The molecule has 0 aliphatic rings. The van der Waals surface area contributed by atoms with Crippen LogP contribution in [0.5, 0.6) is 11.5 Å². The van der Waals surface area contributed by atoms with E-state index in [9.17, 15) is 0 Å². The summed E-state index contributed by atoms with van der Waals surface area (Å²) in [4.78, 5) is 4.26. The van der Waals surface area contributed by atoms with Crippen LogP contribution < -0.4 is 14.8 Å². The average Bonchev–Trinajstić information content (AvgIpc) is 2.47. The topological polar surface area (TPSA) is 43.4 Å². The fourth-order valence-corrected chi connectivity index (χ4v) is 2.20. The third kappa shape index (κ3) is 3.62. The molecule has 0 saturated carbocycles. The standard InChI is InChI=1S/C15H17ClN2O2/c1-19-14-8-12(16)7-11(15(14)20-2)9-17-10-13-5-3-4-6-18-13/h3-8,17H,9-10H2,1-2H3. The number of rotatable bonds is 6. The van der Waals surface area contributed by atoms with Crippen molar-refractivity contribution in [1.29, 1.82) is 0 Å². The zero-order valence-electron chi connectivity index (χ0n) is 11.5. The summed E-state index contributed by atoms with van der Waals surface area (Å²) >= 11 is 6.08. The molecule has 0 spiro atoms. The molecule has 1 heterocycles. The molecule has 5 heteroatoms. The Labute approximate surface area is 123 Å². The van der Waals surface area contributed by atoms with Crippen molar-refractivity contribution in [3.63, 3.8) is 0 Å². The lowest BCUT2D eigenvalue weighted by Crippen LogP contribution is -2.14. The molecule has 0 amide bonds. The summed E-state index contributed by atoms with van der Waals surface area (Å²) in [5.41, 5.74) is 1.94. The lowest BCUT2D eigenvalue weighted by molar-refractivity contribution is 0.350. The number of hydrogen-bond donors (Lipinski definition) is 1. The third-order valence-corrected chi connectivity index (χ3v) is 3.09. The fraction of sp³-hybridized carbons (Fsp3) is 0.267. The van der Waals surface area contributed by atoms with Gasteiger partial charge in [-0.1, -0.05) is 17.7 Å². The first kappa shape index (κ1) is 14.6. The Balaban J connectivity index is 2.07. The van der Waals surface area contributed by atoms with Gasteiger partial charge in [0.05, 0.1) is 19.9 Å². The van der Waals surface area contributed by atoms with Gasteiger partial charge >= 0.3 is 0 Å². The molecule has 2 aromatic rings. The number of nitrogens with one attached hydrogen (secondary N) is 1. The van der Waals surface area contributed by atoms with E-state index < -0.39 is 0 Å². The van der Waals surface area contributed by atoms with Crippen LogP contribution in [0.15, 0.2) is 36.5 Å². The molecular formula is C15H17ClN2O2. The van der Waals surface area contributed by atoms with Gasteiger partial charge in [0.15, 0.2) is 11.5 Å². The molecule has 0 radical (unpaired) electrons. The molecule has 0 saturated heterocycles. The molecular weight excluding hydrogens is 276 g/mol. The number of benzene rings is 1. The predicted molar refractivity (Wildman–Crippen MR) is 79.3 cm³/mol. The molecule has 0 aliphatic heterocycles. The van der Waals surface area contributed by atoms with Gasteiger partial charge in [-0.3, -0.25) is 4.98 Å². The van der Waals surface area contributed by atoms with E-state index in [0.29, 0.717) is 29.6 Å². The molecule has 20 heavy (non-hydrogen) atoms. The van der Waals surface area contributed by atoms with E-state index >= 15 is 0 Å². The molecule has 1 aromatic carbocycles. The number of hydrogen-bond acceptors (Lipinski definition) is 4. The largest absolute Gasteiger partial charge is 0.493 e. The minimum atomic E-state index is 0.622. The van der Waals surface area contributed by atoms with Crippen LogP contribution in [0.2, 0.25) is 5.02 Å². The van der Waals surface area contributed by atoms with Crippen molar-refractivity contribution >= 4 is 11.6 Å². The summed E-state index contributed by atoms with van der Waals surface area (Å²) in [6.45, 7) is 1.30. The molecule has 2 rings (SSSR count). The van der Waals surface area contributed by atoms with E-state index in [-0.39, 0.29) is 0 Å². The maximum Gasteiger partial charge on any atom is 0.165 e. The molecule has 0 fully saturated rings. The van der Waals surface area contributed by atoms with Crippen LogP contribution in [0.4, 0.5) is 0 Å². The van der Waals surface area contributed by atoms with Gasteiger partial charge < -0.3 is 14.8 Å². The molecule has 0 atom stereocenters. The van der Waals surface area contributed by atoms with Crippen molar-refractivity contribution in [3.05, 3.63) is 52.8 Å². The van der Waals surface area contributed by atoms with E-state index in [0.717, 1.165) is 11.3 Å². The normalized spacial score (nSPS) is 10.3.